The Morgan fingerprint density at radius 3 is 1.76 bits per heavy atom. The summed E-state index contributed by atoms with van der Waals surface area (Å²) in [5.41, 5.74) is 0. The van der Waals surface area contributed by atoms with Crippen LogP contribution in [0.25, 0.3) is 0 Å². The summed E-state index contributed by atoms with van der Waals surface area (Å²) in [6.07, 6.45) is 22.0. The van der Waals surface area contributed by atoms with Crippen LogP contribution in [0.2, 0.25) is 0 Å². The van der Waals surface area contributed by atoms with Crippen molar-refractivity contribution in [2.45, 2.75) is 109 Å². The van der Waals surface area contributed by atoms with E-state index >= 15 is 0 Å². The van der Waals surface area contributed by atoms with Crippen LogP contribution in [0.5, 0.6) is 0 Å². The van der Waals surface area contributed by atoms with E-state index in [1.807, 2.05) is 0 Å². The van der Waals surface area contributed by atoms with Crippen molar-refractivity contribution in [2.24, 2.45) is 5.92 Å². The third-order valence-electron chi connectivity index (χ3n) is 6.77. The summed E-state index contributed by atoms with van der Waals surface area (Å²) in [5.74, 6) is 1.06. The highest BCUT2D eigenvalue weighted by molar-refractivity contribution is 4.65. The molecule has 1 saturated carbocycles. The summed E-state index contributed by atoms with van der Waals surface area (Å²) < 4.78 is 17.5. The first-order chi connectivity index (χ1) is 16.0. The Kier molecular flexibility index (Phi) is 19.7. The summed E-state index contributed by atoms with van der Waals surface area (Å²) in [7, 11) is 6.45. The van der Waals surface area contributed by atoms with Crippen molar-refractivity contribution in [3.8, 4) is 0 Å². The molecule has 0 radical (unpaired) electrons. The maximum absolute atomic E-state index is 9.91. The van der Waals surface area contributed by atoms with Gasteiger partial charge in [-0.05, 0) is 12.3 Å². The molecule has 1 N–H and O–H groups in total. The van der Waals surface area contributed by atoms with Crippen molar-refractivity contribution in [3.05, 3.63) is 0 Å². The lowest BCUT2D eigenvalue weighted by Crippen LogP contribution is -2.37. The summed E-state index contributed by atoms with van der Waals surface area (Å²) in [5, 5.41) is 9.91. The van der Waals surface area contributed by atoms with Gasteiger partial charge in [0, 0.05) is 6.61 Å². The Hall–Kier alpha value is -0.200. The Morgan fingerprint density at radius 2 is 1.15 bits per heavy atom. The number of unbranched alkanes of at least 4 members (excludes halogenated alkanes) is 9. The van der Waals surface area contributed by atoms with Gasteiger partial charge < -0.3 is 23.8 Å². The molecule has 1 fully saturated rings. The number of quaternary nitrogens is 1. The fourth-order valence-corrected chi connectivity index (χ4v) is 4.57. The maximum Gasteiger partial charge on any atom is 0.102 e. The van der Waals surface area contributed by atoms with Crippen LogP contribution in [0, 0.1) is 5.92 Å². The summed E-state index contributed by atoms with van der Waals surface area (Å²) in [4.78, 5) is 0. The summed E-state index contributed by atoms with van der Waals surface area (Å²) in [6.45, 7) is 4.24. The molecule has 0 saturated heterocycles. The van der Waals surface area contributed by atoms with E-state index in [0.717, 1.165) is 36.6 Å². The molecule has 0 aromatic heterocycles. The van der Waals surface area contributed by atoms with Gasteiger partial charge in [0.25, 0.3) is 0 Å². The Labute approximate surface area is 206 Å². The average molecular weight is 473 g/mol. The zero-order chi connectivity index (χ0) is 24.0. The van der Waals surface area contributed by atoms with Crippen molar-refractivity contribution in [1.29, 1.82) is 0 Å². The first-order valence-electron chi connectivity index (χ1n) is 14.2. The van der Waals surface area contributed by atoms with E-state index in [4.69, 9.17) is 14.2 Å². The van der Waals surface area contributed by atoms with Gasteiger partial charge in [-0.3, -0.25) is 0 Å². The van der Waals surface area contributed by atoms with Crippen LogP contribution in [0.3, 0.4) is 0 Å². The molecule has 1 rings (SSSR count). The first-order valence-corrected chi connectivity index (χ1v) is 14.2. The van der Waals surface area contributed by atoms with Gasteiger partial charge in [-0.2, -0.15) is 0 Å². The average Bonchev–Trinajstić information content (AvgIpc) is 2.78. The second-order valence-corrected chi connectivity index (χ2v) is 11.3. The molecular formula is C28H58NO4+. The Morgan fingerprint density at radius 1 is 0.636 bits per heavy atom. The Balaban J connectivity index is 1.71. The molecule has 0 bridgehead atoms. The highest BCUT2D eigenvalue weighted by atomic mass is 16.5. The number of ether oxygens (including phenoxy) is 3. The highest BCUT2D eigenvalue weighted by Crippen LogP contribution is 2.28. The number of aliphatic hydroxyl groups is 1. The molecule has 1 aliphatic rings. The normalized spacial score (nSPS) is 16.4. The van der Waals surface area contributed by atoms with Crippen molar-refractivity contribution >= 4 is 0 Å². The van der Waals surface area contributed by atoms with E-state index in [9.17, 15) is 5.11 Å². The van der Waals surface area contributed by atoms with E-state index in [1.54, 1.807) is 0 Å². The van der Waals surface area contributed by atoms with Gasteiger partial charge in [0.05, 0.1) is 54.2 Å². The molecule has 0 heterocycles. The lowest BCUT2D eigenvalue weighted by molar-refractivity contribution is -0.870. The van der Waals surface area contributed by atoms with Crippen LogP contribution in [-0.4, -0.2) is 83.0 Å². The number of aliphatic hydroxyl groups excluding tert-OH is 1. The SMILES string of the molecule is C[N+](C)(C)CCOCCOCC(O)COCCCCCCCCCCCCC1CCCCC1. The summed E-state index contributed by atoms with van der Waals surface area (Å²) in [6, 6.07) is 0. The molecule has 5 heteroatoms. The molecular weight excluding hydrogens is 414 g/mol. The molecule has 1 aliphatic carbocycles. The van der Waals surface area contributed by atoms with Crippen molar-refractivity contribution in [3.63, 3.8) is 0 Å². The second-order valence-electron chi connectivity index (χ2n) is 11.3. The highest BCUT2D eigenvalue weighted by Gasteiger charge is 2.12. The van der Waals surface area contributed by atoms with Crippen LogP contribution in [0.1, 0.15) is 103 Å². The number of hydrogen-bond acceptors (Lipinski definition) is 4. The zero-order valence-electron chi connectivity index (χ0n) is 22.5. The quantitative estimate of drug-likeness (QED) is 0.147. The largest absolute Gasteiger partial charge is 0.388 e. The lowest BCUT2D eigenvalue weighted by atomic mass is 9.85. The minimum Gasteiger partial charge on any atom is -0.388 e. The second kappa shape index (κ2) is 21.1. The fourth-order valence-electron chi connectivity index (χ4n) is 4.57. The first kappa shape index (κ1) is 30.8. The van der Waals surface area contributed by atoms with Crippen molar-refractivity contribution < 1.29 is 23.8 Å². The molecule has 0 aliphatic heterocycles. The topological polar surface area (TPSA) is 47.9 Å². The standard InChI is InChI=1S/C28H58NO4/c1-29(2,3)20-22-31-23-24-33-26-28(30)25-32-21-16-11-9-7-5-4-6-8-10-13-17-27-18-14-12-15-19-27/h27-28,30H,4-26H2,1-3H3/q+1. The van der Waals surface area contributed by atoms with E-state index < -0.39 is 6.10 Å². The van der Waals surface area contributed by atoms with E-state index in [-0.39, 0.29) is 0 Å². The van der Waals surface area contributed by atoms with Crippen LogP contribution < -0.4 is 0 Å². The van der Waals surface area contributed by atoms with Gasteiger partial charge in [0.15, 0.2) is 0 Å². The predicted octanol–water partition coefficient (Wildman–Crippen LogP) is 5.97. The van der Waals surface area contributed by atoms with E-state index in [0.29, 0.717) is 26.4 Å². The van der Waals surface area contributed by atoms with Crippen molar-refractivity contribution in [2.75, 3.05) is 67.3 Å². The minimum absolute atomic E-state index is 0.319. The van der Waals surface area contributed by atoms with Crippen LogP contribution in [0.15, 0.2) is 0 Å². The van der Waals surface area contributed by atoms with Crippen LogP contribution >= 0.6 is 0 Å². The van der Waals surface area contributed by atoms with Gasteiger partial charge in [-0.15, -0.1) is 0 Å². The number of hydrogen-bond donors (Lipinski definition) is 1. The summed E-state index contributed by atoms with van der Waals surface area (Å²) >= 11 is 0. The smallest absolute Gasteiger partial charge is 0.102 e. The predicted molar refractivity (Wildman–Crippen MR) is 139 cm³/mol. The van der Waals surface area contributed by atoms with Gasteiger partial charge in [-0.25, -0.2) is 0 Å². The number of likely N-dealkylation sites (N-methyl/N-ethyl adjacent to an activating group) is 1. The van der Waals surface area contributed by atoms with Crippen LogP contribution in [0.4, 0.5) is 0 Å². The molecule has 198 valence electrons. The molecule has 1 unspecified atom stereocenters. The number of nitrogens with zero attached hydrogens (tertiary/aromatic N) is 1. The van der Waals surface area contributed by atoms with Gasteiger partial charge in [0.2, 0.25) is 0 Å². The monoisotopic (exact) mass is 472 g/mol. The van der Waals surface area contributed by atoms with Crippen LogP contribution in [-0.2, 0) is 14.2 Å². The lowest BCUT2D eigenvalue weighted by Gasteiger charge is -2.23. The van der Waals surface area contributed by atoms with Gasteiger partial charge in [-0.1, -0.05) is 96.3 Å². The molecule has 0 aromatic rings. The van der Waals surface area contributed by atoms with Crippen molar-refractivity contribution in [1.82, 2.24) is 0 Å². The molecule has 1 atom stereocenters. The molecule has 5 nitrogen and oxygen atoms in total. The zero-order valence-corrected chi connectivity index (χ0v) is 22.5. The Bertz CT molecular complexity index is 407. The third kappa shape index (κ3) is 22.0. The molecule has 33 heavy (non-hydrogen) atoms. The van der Waals surface area contributed by atoms with E-state index in [2.05, 4.69) is 21.1 Å². The number of rotatable bonds is 23. The maximum atomic E-state index is 9.91. The van der Waals surface area contributed by atoms with E-state index in [1.165, 1.54) is 96.3 Å². The van der Waals surface area contributed by atoms with Gasteiger partial charge >= 0.3 is 0 Å². The van der Waals surface area contributed by atoms with Gasteiger partial charge in [0.1, 0.15) is 12.6 Å². The molecule has 0 amide bonds. The fraction of sp³-hybridized carbons (Fsp3) is 1.00. The molecule has 0 aromatic carbocycles. The molecule has 0 spiro atoms. The third-order valence-corrected chi connectivity index (χ3v) is 6.77. The minimum atomic E-state index is -0.543.